The summed E-state index contributed by atoms with van der Waals surface area (Å²) in [6, 6.07) is 9.60. The highest BCUT2D eigenvalue weighted by atomic mass is 19.3. The van der Waals surface area contributed by atoms with E-state index in [1.807, 2.05) is 0 Å². The van der Waals surface area contributed by atoms with Crippen molar-refractivity contribution in [2.75, 3.05) is 11.1 Å². The fourth-order valence-corrected chi connectivity index (χ4v) is 1.42. The molecule has 0 radical (unpaired) electrons. The average molecular weight is 251 g/mol. The maximum atomic E-state index is 12.2. The van der Waals surface area contributed by atoms with Crippen LogP contribution in [-0.2, 0) is 0 Å². The van der Waals surface area contributed by atoms with Crippen LogP contribution in [0.2, 0.25) is 0 Å². The molecule has 0 saturated carbocycles. The topological polar surface area (TPSA) is 60.2 Å². The van der Waals surface area contributed by atoms with Crippen molar-refractivity contribution >= 4 is 17.2 Å². The van der Waals surface area contributed by atoms with E-state index in [1.54, 1.807) is 30.3 Å². The quantitative estimate of drug-likeness (QED) is 0.876. The number of nitrogens with zero attached hydrogens (tertiary/aromatic N) is 1. The van der Waals surface area contributed by atoms with Gasteiger partial charge in [-0.25, -0.2) is 4.98 Å². The Kier molecular flexibility index (Phi) is 3.57. The molecule has 0 aliphatic carbocycles. The number of hydrogen-bond acceptors (Lipinski definition) is 4. The Bertz CT molecular complexity index is 534. The molecule has 94 valence electrons. The molecule has 0 bridgehead atoms. The second-order valence-electron chi connectivity index (χ2n) is 3.47. The first-order valence-corrected chi connectivity index (χ1v) is 5.17. The van der Waals surface area contributed by atoms with Crippen LogP contribution in [-0.4, -0.2) is 11.6 Å². The molecule has 0 amide bonds. The fourth-order valence-electron chi connectivity index (χ4n) is 1.42. The number of para-hydroxylation sites is 2. The number of aromatic nitrogens is 1. The predicted octanol–water partition coefficient (Wildman–Crippen LogP) is 3.01. The largest absolute Gasteiger partial charge is 0.433 e. The highest BCUT2D eigenvalue weighted by Gasteiger charge is 2.09. The van der Waals surface area contributed by atoms with Crippen LogP contribution < -0.4 is 15.8 Å². The second-order valence-corrected chi connectivity index (χ2v) is 3.47. The van der Waals surface area contributed by atoms with Gasteiger partial charge in [0.25, 0.3) is 0 Å². The third-order valence-corrected chi connectivity index (χ3v) is 2.15. The molecule has 0 saturated heterocycles. The van der Waals surface area contributed by atoms with Crippen LogP contribution in [0.15, 0.2) is 42.6 Å². The van der Waals surface area contributed by atoms with Gasteiger partial charge in [-0.3, -0.25) is 0 Å². The number of nitrogens with one attached hydrogen (secondary N) is 1. The first-order chi connectivity index (χ1) is 8.65. The van der Waals surface area contributed by atoms with Gasteiger partial charge in [-0.1, -0.05) is 12.1 Å². The number of ether oxygens (including phenoxy) is 1. The lowest BCUT2D eigenvalue weighted by atomic mass is 10.3. The van der Waals surface area contributed by atoms with Crippen LogP contribution in [0.25, 0.3) is 0 Å². The molecular formula is C12H11F2N3O. The zero-order valence-electron chi connectivity index (χ0n) is 9.31. The lowest BCUT2D eigenvalue weighted by molar-refractivity contribution is -0.0493. The third-order valence-electron chi connectivity index (χ3n) is 2.15. The van der Waals surface area contributed by atoms with Gasteiger partial charge in [0.2, 0.25) is 0 Å². The van der Waals surface area contributed by atoms with E-state index in [0.717, 1.165) is 0 Å². The number of benzene rings is 1. The Morgan fingerprint density at radius 1 is 1.22 bits per heavy atom. The van der Waals surface area contributed by atoms with Gasteiger partial charge >= 0.3 is 6.61 Å². The number of nitrogen functional groups attached to an aromatic ring is 1. The van der Waals surface area contributed by atoms with E-state index >= 15 is 0 Å². The highest BCUT2D eigenvalue weighted by Crippen LogP contribution is 2.28. The maximum absolute atomic E-state index is 12.2. The number of rotatable bonds is 4. The van der Waals surface area contributed by atoms with Gasteiger partial charge in [0, 0.05) is 18.0 Å². The Balaban J connectivity index is 2.23. The summed E-state index contributed by atoms with van der Waals surface area (Å²) in [5.41, 5.74) is 6.53. The first kappa shape index (κ1) is 12.1. The van der Waals surface area contributed by atoms with E-state index in [-0.39, 0.29) is 5.75 Å². The standard InChI is InChI=1S/C12H11F2N3O/c13-12(14)18-10-4-2-1-3-9(10)17-11-7-8(15)5-6-16-11/h1-7,12H,(H3,15,16,17). The third kappa shape index (κ3) is 3.07. The summed E-state index contributed by atoms with van der Waals surface area (Å²) in [5, 5.41) is 2.87. The van der Waals surface area contributed by atoms with Gasteiger partial charge in [0.05, 0.1) is 5.69 Å². The Morgan fingerprint density at radius 2 is 2.00 bits per heavy atom. The summed E-state index contributed by atoms with van der Waals surface area (Å²) in [5.74, 6) is 0.511. The van der Waals surface area contributed by atoms with Crippen molar-refractivity contribution in [2.45, 2.75) is 6.61 Å². The van der Waals surface area contributed by atoms with Crippen molar-refractivity contribution in [3.05, 3.63) is 42.6 Å². The summed E-state index contributed by atoms with van der Waals surface area (Å²) in [6.07, 6.45) is 1.52. The number of pyridine rings is 1. The Morgan fingerprint density at radius 3 is 2.72 bits per heavy atom. The number of nitrogens with two attached hydrogens (primary N) is 1. The van der Waals surface area contributed by atoms with E-state index in [0.29, 0.717) is 17.2 Å². The van der Waals surface area contributed by atoms with E-state index in [9.17, 15) is 8.78 Å². The zero-order valence-corrected chi connectivity index (χ0v) is 9.31. The van der Waals surface area contributed by atoms with Gasteiger partial charge < -0.3 is 15.8 Å². The molecule has 2 aromatic rings. The number of halogens is 2. The molecule has 1 aromatic heterocycles. The Hall–Kier alpha value is -2.37. The van der Waals surface area contributed by atoms with Crippen molar-refractivity contribution < 1.29 is 13.5 Å². The van der Waals surface area contributed by atoms with Crippen LogP contribution in [0.4, 0.5) is 26.0 Å². The van der Waals surface area contributed by atoms with Gasteiger partial charge in [-0.05, 0) is 18.2 Å². The monoisotopic (exact) mass is 251 g/mol. The molecule has 0 aliphatic heterocycles. The molecule has 2 rings (SSSR count). The first-order valence-electron chi connectivity index (χ1n) is 5.17. The van der Waals surface area contributed by atoms with E-state index in [1.165, 1.54) is 12.3 Å². The average Bonchev–Trinajstić information content (AvgIpc) is 2.31. The van der Waals surface area contributed by atoms with Crippen molar-refractivity contribution in [3.8, 4) is 5.75 Å². The summed E-state index contributed by atoms with van der Waals surface area (Å²) in [4.78, 5) is 4.02. The van der Waals surface area contributed by atoms with Crippen molar-refractivity contribution in [3.63, 3.8) is 0 Å². The van der Waals surface area contributed by atoms with Crippen molar-refractivity contribution in [2.24, 2.45) is 0 Å². The molecule has 6 heteroatoms. The van der Waals surface area contributed by atoms with Crippen LogP contribution in [0.5, 0.6) is 5.75 Å². The minimum absolute atomic E-state index is 0.0525. The van der Waals surface area contributed by atoms with Crippen LogP contribution in [0, 0.1) is 0 Å². The molecule has 0 fully saturated rings. The van der Waals surface area contributed by atoms with Gasteiger partial charge in [-0.15, -0.1) is 0 Å². The van der Waals surface area contributed by atoms with E-state index in [4.69, 9.17) is 5.73 Å². The lowest BCUT2D eigenvalue weighted by Crippen LogP contribution is -2.04. The predicted molar refractivity (Wildman–Crippen MR) is 65.0 cm³/mol. The molecular weight excluding hydrogens is 240 g/mol. The van der Waals surface area contributed by atoms with Crippen LogP contribution in [0.3, 0.4) is 0 Å². The minimum Gasteiger partial charge on any atom is -0.433 e. The van der Waals surface area contributed by atoms with Gasteiger partial charge in [0.1, 0.15) is 11.6 Å². The molecule has 1 aromatic carbocycles. The van der Waals surface area contributed by atoms with Gasteiger partial charge in [-0.2, -0.15) is 8.78 Å². The molecule has 18 heavy (non-hydrogen) atoms. The molecule has 1 heterocycles. The Labute approximate surface area is 102 Å². The number of anilines is 3. The number of hydrogen-bond donors (Lipinski definition) is 2. The molecule has 3 N–H and O–H groups in total. The van der Waals surface area contributed by atoms with E-state index in [2.05, 4.69) is 15.0 Å². The highest BCUT2D eigenvalue weighted by molar-refractivity contribution is 5.65. The van der Waals surface area contributed by atoms with Crippen molar-refractivity contribution in [1.29, 1.82) is 0 Å². The molecule has 0 aliphatic rings. The molecule has 4 nitrogen and oxygen atoms in total. The second kappa shape index (κ2) is 5.31. The SMILES string of the molecule is Nc1ccnc(Nc2ccccc2OC(F)F)c1. The fraction of sp³-hybridized carbons (Fsp3) is 0.0833. The van der Waals surface area contributed by atoms with Crippen molar-refractivity contribution in [1.82, 2.24) is 4.98 Å². The number of alkyl halides is 2. The molecule has 0 spiro atoms. The molecule has 0 unspecified atom stereocenters. The normalized spacial score (nSPS) is 10.4. The smallest absolute Gasteiger partial charge is 0.387 e. The van der Waals surface area contributed by atoms with Crippen LogP contribution in [0.1, 0.15) is 0 Å². The van der Waals surface area contributed by atoms with Gasteiger partial charge in [0.15, 0.2) is 0 Å². The molecule has 0 atom stereocenters. The zero-order chi connectivity index (χ0) is 13.0. The summed E-state index contributed by atoms with van der Waals surface area (Å²) >= 11 is 0. The van der Waals surface area contributed by atoms with Crippen LogP contribution >= 0.6 is 0 Å². The summed E-state index contributed by atoms with van der Waals surface area (Å²) in [7, 11) is 0. The van der Waals surface area contributed by atoms with E-state index < -0.39 is 6.61 Å². The lowest BCUT2D eigenvalue weighted by Gasteiger charge is -2.12. The maximum Gasteiger partial charge on any atom is 0.387 e. The summed E-state index contributed by atoms with van der Waals surface area (Å²) < 4.78 is 28.8. The summed E-state index contributed by atoms with van der Waals surface area (Å²) in [6.45, 7) is -2.87. The minimum atomic E-state index is -2.87.